The van der Waals surface area contributed by atoms with E-state index in [1.165, 1.54) is 13.8 Å². The summed E-state index contributed by atoms with van der Waals surface area (Å²) in [7, 11) is 0. The van der Waals surface area contributed by atoms with Crippen molar-refractivity contribution in [3.8, 4) is 0 Å². The Morgan fingerprint density at radius 1 is 0.714 bits per heavy atom. The van der Waals surface area contributed by atoms with E-state index in [4.69, 9.17) is 18.9 Å². The van der Waals surface area contributed by atoms with Crippen LogP contribution in [0.1, 0.15) is 75.2 Å². The molecule has 5 aliphatic rings. The Morgan fingerprint density at radius 3 is 1.63 bits per heavy atom. The molecule has 0 aromatic rings. The number of allylic oxidation sites excluding steroid dienone is 3. The third kappa shape index (κ3) is 2.58. The van der Waals surface area contributed by atoms with Gasteiger partial charge in [0.2, 0.25) is 0 Å². The quantitative estimate of drug-likeness (QED) is 0.288. The second kappa shape index (κ2) is 6.37. The summed E-state index contributed by atoms with van der Waals surface area (Å²) in [6, 6.07) is 0. The fraction of sp³-hybridized carbons (Fsp3) is 0.704. The van der Waals surface area contributed by atoms with Gasteiger partial charge in [0.05, 0.1) is 0 Å². The minimum absolute atomic E-state index is 0.169. The Bertz CT molecular complexity index is 1120. The van der Waals surface area contributed by atoms with Crippen LogP contribution in [0.3, 0.4) is 0 Å². The number of carbonyl (C=O) groups excluding carboxylic acids is 4. The largest absolute Gasteiger partial charge is 0.422 e. The number of hydrogen-bond acceptors (Lipinski definition) is 8. The number of ether oxygens (including phenoxy) is 4. The fourth-order valence-corrected chi connectivity index (χ4v) is 7.82. The molecule has 2 heterocycles. The maximum absolute atomic E-state index is 13.7. The van der Waals surface area contributed by atoms with E-state index in [0.29, 0.717) is 0 Å². The van der Waals surface area contributed by atoms with Gasteiger partial charge in [-0.3, -0.25) is 19.2 Å². The van der Waals surface area contributed by atoms with E-state index in [9.17, 15) is 19.2 Å². The third-order valence-electron chi connectivity index (χ3n) is 9.41. The van der Waals surface area contributed by atoms with Crippen molar-refractivity contribution in [2.75, 3.05) is 0 Å². The maximum atomic E-state index is 13.7. The topological polar surface area (TPSA) is 105 Å². The van der Waals surface area contributed by atoms with Crippen LogP contribution in [0.2, 0.25) is 0 Å². The molecule has 3 aliphatic carbocycles. The van der Waals surface area contributed by atoms with Gasteiger partial charge in [0.25, 0.3) is 11.6 Å². The predicted octanol–water partition coefficient (Wildman–Crippen LogP) is 3.98. The molecule has 0 aromatic carbocycles. The van der Waals surface area contributed by atoms with Crippen LogP contribution in [0.4, 0.5) is 0 Å². The summed E-state index contributed by atoms with van der Waals surface area (Å²) in [6.45, 7) is 16.0. The van der Waals surface area contributed by atoms with Crippen molar-refractivity contribution in [3.05, 3.63) is 22.8 Å². The SMILES string of the molecule is CC(C)=C1C2CC3(C(=O)OC(C)(C)OC3=O)C1(C)C(C)(C)C1=CC3(C[C@H]12)C(=O)OC(C)(C)OC3=O. The van der Waals surface area contributed by atoms with Gasteiger partial charge in [0.15, 0.2) is 10.8 Å². The van der Waals surface area contributed by atoms with Crippen LogP contribution >= 0.6 is 0 Å². The number of hydrogen-bond donors (Lipinski definition) is 0. The molecule has 2 unspecified atom stereocenters. The van der Waals surface area contributed by atoms with Crippen LogP contribution in [0, 0.1) is 33.5 Å². The van der Waals surface area contributed by atoms with Crippen LogP contribution in [0.15, 0.2) is 22.8 Å². The summed E-state index contributed by atoms with van der Waals surface area (Å²) >= 11 is 0. The zero-order chi connectivity index (χ0) is 26.1. The molecule has 3 atom stereocenters. The second-order valence-corrected chi connectivity index (χ2v) is 12.6. The van der Waals surface area contributed by atoms with Gasteiger partial charge in [-0.25, -0.2) is 0 Å². The Hall–Kier alpha value is -2.64. The summed E-state index contributed by atoms with van der Waals surface area (Å²) < 4.78 is 22.4. The van der Waals surface area contributed by atoms with E-state index in [0.717, 1.165) is 16.7 Å². The van der Waals surface area contributed by atoms with Gasteiger partial charge in [-0.1, -0.05) is 43.6 Å². The molecule has 2 saturated heterocycles. The zero-order valence-electron chi connectivity index (χ0n) is 21.9. The summed E-state index contributed by atoms with van der Waals surface area (Å²) in [6.07, 6.45) is 2.06. The van der Waals surface area contributed by atoms with E-state index in [1.54, 1.807) is 19.9 Å². The normalized spacial score (nSPS) is 36.7. The minimum Gasteiger partial charge on any atom is -0.422 e. The second-order valence-electron chi connectivity index (χ2n) is 12.6. The Morgan fingerprint density at radius 2 is 1.17 bits per heavy atom. The van der Waals surface area contributed by atoms with E-state index in [1.807, 2.05) is 34.6 Å². The lowest BCUT2D eigenvalue weighted by molar-refractivity contribution is -0.261. The molecule has 4 fully saturated rings. The number of carbonyl (C=O) groups is 4. The molecule has 190 valence electrons. The van der Waals surface area contributed by atoms with E-state index in [2.05, 4.69) is 0 Å². The Balaban J connectivity index is 1.73. The van der Waals surface area contributed by atoms with Gasteiger partial charge >= 0.3 is 23.9 Å². The third-order valence-corrected chi connectivity index (χ3v) is 9.41. The van der Waals surface area contributed by atoms with Crippen LogP contribution in [-0.4, -0.2) is 35.5 Å². The molecular weight excluding hydrogens is 452 g/mol. The lowest BCUT2D eigenvalue weighted by atomic mass is 9.47. The van der Waals surface area contributed by atoms with E-state index < -0.39 is 57.1 Å². The molecule has 35 heavy (non-hydrogen) atoms. The first-order chi connectivity index (χ1) is 15.9. The van der Waals surface area contributed by atoms with E-state index >= 15 is 0 Å². The molecule has 0 aromatic heterocycles. The summed E-state index contributed by atoms with van der Waals surface area (Å²) in [4.78, 5) is 53.9. The van der Waals surface area contributed by atoms with Gasteiger partial charge in [0.1, 0.15) is 0 Å². The number of cyclic esters (lactones) is 4. The van der Waals surface area contributed by atoms with Crippen LogP contribution in [0.25, 0.3) is 0 Å². The van der Waals surface area contributed by atoms with Gasteiger partial charge in [0, 0.05) is 33.1 Å². The van der Waals surface area contributed by atoms with Crippen molar-refractivity contribution in [3.63, 3.8) is 0 Å². The molecule has 8 heteroatoms. The van der Waals surface area contributed by atoms with Gasteiger partial charge in [-0.05, 0) is 43.9 Å². The van der Waals surface area contributed by atoms with Crippen LogP contribution in [-0.2, 0) is 38.1 Å². The first kappa shape index (κ1) is 24.1. The molecule has 2 aliphatic heterocycles. The van der Waals surface area contributed by atoms with Crippen molar-refractivity contribution in [1.29, 1.82) is 0 Å². The number of fused-ring (bicyclic) bond motifs is 5. The molecule has 8 nitrogen and oxygen atoms in total. The first-order valence-corrected chi connectivity index (χ1v) is 12.2. The highest BCUT2D eigenvalue weighted by molar-refractivity contribution is 6.06. The minimum atomic E-state index is -1.54. The lowest BCUT2D eigenvalue weighted by Gasteiger charge is -2.56. The van der Waals surface area contributed by atoms with Crippen LogP contribution < -0.4 is 0 Å². The number of rotatable bonds is 0. The summed E-state index contributed by atoms with van der Waals surface area (Å²) in [5.74, 6) is -5.58. The van der Waals surface area contributed by atoms with Crippen molar-refractivity contribution in [2.45, 2.75) is 86.7 Å². The highest BCUT2D eigenvalue weighted by atomic mass is 16.8. The Kier molecular flexibility index (Phi) is 4.38. The van der Waals surface area contributed by atoms with E-state index in [-0.39, 0.29) is 24.7 Å². The molecule has 2 saturated carbocycles. The van der Waals surface area contributed by atoms with Gasteiger partial charge in [-0.15, -0.1) is 0 Å². The summed E-state index contributed by atoms with van der Waals surface area (Å²) in [5.41, 5.74) is -2.00. The van der Waals surface area contributed by atoms with Crippen molar-refractivity contribution >= 4 is 23.9 Å². The molecule has 5 rings (SSSR count). The Labute approximate surface area is 205 Å². The molecule has 2 bridgehead atoms. The summed E-state index contributed by atoms with van der Waals surface area (Å²) in [5, 5.41) is 0. The molecule has 0 amide bonds. The average molecular weight is 487 g/mol. The molecule has 0 radical (unpaired) electrons. The standard InChI is InChI=1S/C27H34O8/c1-13(2)17-15-11-27(20(30)34-24(7,8)35-21(27)31)25(17,9)22(3,4)16-12-26(10-14(15)16)18(28)32-23(5,6)33-19(26)29/h12,14-15H,10-11H2,1-9H3/t14-,15?,25?/m0/s1. The fourth-order valence-electron chi connectivity index (χ4n) is 7.82. The van der Waals surface area contributed by atoms with Crippen molar-refractivity contribution in [1.82, 2.24) is 0 Å². The monoisotopic (exact) mass is 486 g/mol. The zero-order valence-corrected chi connectivity index (χ0v) is 21.9. The highest BCUT2D eigenvalue weighted by Crippen LogP contribution is 2.78. The first-order valence-electron chi connectivity index (χ1n) is 12.2. The van der Waals surface area contributed by atoms with Crippen LogP contribution in [0.5, 0.6) is 0 Å². The van der Waals surface area contributed by atoms with Crippen molar-refractivity contribution in [2.24, 2.45) is 33.5 Å². The van der Waals surface area contributed by atoms with Gasteiger partial charge in [-0.2, -0.15) is 0 Å². The molecule has 2 spiro atoms. The van der Waals surface area contributed by atoms with Crippen molar-refractivity contribution < 1.29 is 38.1 Å². The predicted molar refractivity (Wildman–Crippen MR) is 122 cm³/mol. The molecular formula is C27H34O8. The maximum Gasteiger partial charge on any atom is 0.330 e. The number of esters is 4. The average Bonchev–Trinajstić information content (AvgIpc) is 3.19. The highest BCUT2D eigenvalue weighted by Gasteiger charge is 2.80. The smallest absolute Gasteiger partial charge is 0.330 e. The van der Waals surface area contributed by atoms with Gasteiger partial charge < -0.3 is 18.9 Å². The molecule has 0 N–H and O–H groups in total. The lowest BCUT2D eigenvalue weighted by Crippen LogP contribution is -2.62.